The monoisotopic (exact) mass is 330 g/mol. The number of anilines is 2. The van der Waals surface area contributed by atoms with E-state index in [-0.39, 0.29) is 0 Å². The van der Waals surface area contributed by atoms with Gasteiger partial charge in [0.15, 0.2) is 0 Å². The minimum atomic E-state index is 0.361. The van der Waals surface area contributed by atoms with Crippen LogP contribution in [0.5, 0.6) is 5.75 Å². The van der Waals surface area contributed by atoms with Gasteiger partial charge in [-0.1, -0.05) is 12.1 Å². The second kappa shape index (κ2) is 7.70. The van der Waals surface area contributed by atoms with E-state index in [1.165, 1.54) is 5.01 Å². The number of nitroso groups, excluding NO2 is 1. The first-order valence-electron chi connectivity index (χ1n) is 7.56. The van der Waals surface area contributed by atoms with Crippen molar-refractivity contribution in [1.29, 1.82) is 5.26 Å². The quantitative estimate of drug-likeness (QED) is 0.496. The highest BCUT2D eigenvalue weighted by molar-refractivity contribution is 5.64. The van der Waals surface area contributed by atoms with Crippen LogP contribution < -0.4 is 9.75 Å². The Morgan fingerprint density at radius 3 is 2.56 bits per heavy atom. The number of nitrogens with zero attached hydrogens (tertiary/aromatic N) is 4. The summed E-state index contributed by atoms with van der Waals surface area (Å²) < 4.78 is 5.67. The molecule has 3 rings (SSSR count). The van der Waals surface area contributed by atoms with Crippen LogP contribution in [0.3, 0.4) is 0 Å². The number of hydrogen-bond acceptors (Lipinski definition) is 5. The summed E-state index contributed by atoms with van der Waals surface area (Å²) in [5, 5.41) is 13.3. The lowest BCUT2D eigenvalue weighted by Gasteiger charge is -2.16. The maximum Gasteiger partial charge on any atom is 0.130 e. The summed E-state index contributed by atoms with van der Waals surface area (Å²) in [6.45, 7) is 0.361. The molecule has 2 aromatic carbocycles. The smallest absolute Gasteiger partial charge is 0.130 e. The van der Waals surface area contributed by atoms with Crippen molar-refractivity contribution < 1.29 is 4.74 Å². The molecule has 0 aliphatic heterocycles. The van der Waals surface area contributed by atoms with Gasteiger partial charge in [-0.25, -0.2) is 0 Å². The molecule has 0 unspecified atom stereocenters. The van der Waals surface area contributed by atoms with Crippen LogP contribution in [0.2, 0.25) is 0 Å². The SMILES string of the molecule is N#Cc1cccc(N(N=O)c2ccc(OCc3ccccn3)cc2)c1. The van der Waals surface area contributed by atoms with Gasteiger partial charge < -0.3 is 4.74 Å². The van der Waals surface area contributed by atoms with Crippen molar-refractivity contribution in [2.24, 2.45) is 5.29 Å². The van der Waals surface area contributed by atoms with Gasteiger partial charge in [0.25, 0.3) is 0 Å². The van der Waals surface area contributed by atoms with Crippen molar-refractivity contribution in [2.45, 2.75) is 6.61 Å². The summed E-state index contributed by atoms with van der Waals surface area (Å²) in [4.78, 5) is 15.4. The molecule has 0 aliphatic rings. The van der Waals surface area contributed by atoms with E-state index in [0.29, 0.717) is 29.3 Å². The number of aromatic nitrogens is 1. The van der Waals surface area contributed by atoms with Crippen molar-refractivity contribution in [3.63, 3.8) is 0 Å². The Kier molecular flexibility index (Phi) is 4.98. The molecule has 0 saturated heterocycles. The van der Waals surface area contributed by atoms with E-state index in [9.17, 15) is 4.91 Å². The zero-order valence-corrected chi connectivity index (χ0v) is 13.2. The Hall–Kier alpha value is -3.72. The third-order valence-electron chi connectivity index (χ3n) is 3.50. The second-order valence-corrected chi connectivity index (χ2v) is 5.16. The molecule has 0 bridgehead atoms. The van der Waals surface area contributed by atoms with E-state index in [0.717, 1.165) is 5.69 Å². The molecule has 3 aromatic rings. The van der Waals surface area contributed by atoms with E-state index in [4.69, 9.17) is 10.00 Å². The minimum absolute atomic E-state index is 0.361. The summed E-state index contributed by atoms with van der Waals surface area (Å²) in [6.07, 6.45) is 1.71. The highest BCUT2D eigenvalue weighted by Gasteiger charge is 2.10. The number of rotatable bonds is 6. The lowest BCUT2D eigenvalue weighted by molar-refractivity contribution is 0.301. The van der Waals surface area contributed by atoms with Crippen molar-refractivity contribution in [3.8, 4) is 11.8 Å². The molecule has 0 N–H and O–H groups in total. The third kappa shape index (κ3) is 3.98. The normalized spacial score (nSPS) is 9.88. The van der Waals surface area contributed by atoms with Gasteiger partial charge in [-0.3, -0.25) is 4.98 Å². The highest BCUT2D eigenvalue weighted by atomic mass is 16.5. The molecule has 6 nitrogen and oxygen atoms in total. The molecule has 0 aliphatic carbocycles. The molecule has 0 radical (unpaired) electrons. The van der Waals surface area contributed by atoms with Gasteiger partial charge in [0.05, 0.1) is 34.0 Å². The first-order chi connectivity index (χ1) is 12.3. The van der Waals surface area contributed by atoms with Gasteiger partial charge in [0.1, 0.15) is 12.4 Å². The van der Waals surface area contributed by atoms with Gasteiger partial charge in [0, 0.05) is 6.20 Å². The Balaban J connectivity index is 1.74. The molecule has 6 heteroatoms. The van der Waals surface area contributed by atoms with Gasteiger partial charge in [-0.2, -0.15) is 10.3 Å². The first kappa shape index (κ1) is 16.1. The lowest BCUT2D eigenvalue weighted by Crippen LogP contribution is -2.07. The minimum Gasteiger partial charge on any atom is -0.487 e. The Morgan fingerprint density at radius 1 is 1.04 bits per heavy atom. The van der Waals surface area contributed by atoms with Gasteiger partial charge >= 0.3 is 0 Å². The second-order valence-electron chi connectivity index (χ2n) is 5.16. The topological polar surface area (TPSA) is 78.6 Å². The lowest BCUT2D eigenvalue weighted by atomic mass is 10.2. The fraction of sp³-hybridized carbons (Fsp3) is 0.0526. The molecular formula is C19H14N4O2. The number of pyridine rings is 1. The molecule has 0 atom stereocenters. The van der Waals surface area contributed by atoms with Crippen LogP contribution in [0.15, 0.2) is 78.2 Å². The number of nitriles is 1. The maximum absolute atomic E-state index is 11.3. The summed E-state index contributed by atoms with van der Waals surface area (Å²) in [5.41, 5.74) is 2.39. The average Bonchev–Trinajstić information content (AvgIpc) is 2.69. The van der Waals surface area contributed by atoms with Crippen molar-refractivity contribution in [3.05, 3.63) is 89.1 Å². The fourth-order valence-electron chi connectivity index (χ4n) is 2.27. The summed E-state index contributed by atoms with van der Waals surface area (Å²) in [6, 6.07) is 21.3. The number of ether oxygens (including phenoxy) is 1. The highest BCUT2D eigenvalue weighted by Crippen LogP contribution is 2.28. The standard InChI is InChI=1S/C19H14N4O2/c20-13-15-4-3-6-18(12-15)23(22-24)17-7-9-19(10-8-17)25-14-16-5-1-2-11-21-16/h1-12H,14H2. The van der Waals surface area contributed by atoms with Crippen molar-refractivity contribution >= 4 is 11.4 Å². The van der Waals surface area contributed by atoms with Crippen LogP contribution in [-0.4, -0.2) is 4.98 Å². The van der Waals surface area contributed by atoms with E-state index in [1.807, 2.05) is 24.3 Å². The maximum atomic E-state index is 11.3. The zero-order chi connectivity index (χ0) is 17.5. The molecule has 122 valence electrons. The Bertz CT molecular complexity index is 889. The largest absolute Gasteiger partial charge is 0.487 e. The van der Waals surface area contributed by atoms with Crippen LogP contribution in [0.1, 0.15) is 11.3 Å². The summed E-state index contributed by atoms with van der Waals surface area (Å²) in [7, 11) is 0. The van der Waals surface area contributed by atoms with E-state index >= 15 is 0 Å². The fourth-order valence-corrected chi connectivity index (χ4v) is 2.27. The van der Waals surface area contributed by atoms with Gasteiger partial charge in [-0.05, 0) is 54.6 Å². The van der Waals surface area contributed by atoms with Gasteiger partial charge in [0.2, 0.25) is 0 Å². The molecule has 0 fully saturated rings. The van der Waals surface area contributed by atoms with E-state index in [1.54, 1.807) is 54.7 Å². The Morgan fingerprint density at radius 2 is 1.88 bits per heavy atom. The van der Waals surface area contributed by atoms with Crippen LogP contribution in [0.25, 0.3) is 0 Å². The van der Waals surface area contributed by atoms with Crippen molar-refractivity contribution in [2.75, 3.05) is 5.01 Å². The molecule has 0 amide bonds. The first-order valence-corrected chi connectivity index (χ1v) is 7.56. The summed E-state index contributed by atoms with van der Waals surface area (Å²) >= 11 is 0. The van der Waals surface area contributed by atoms with Crippen LogP contribution in [0, 0.1) is 16.2 Å². The Labute approximate surface area is 144 Å². The van der Waals surface area contributed by atoms with Crippen LogP contribution in [-0.2, 0) is 6.61 Å². The third-order valence-corrected chi connectivity index (χ3v) is 3.50. The van der Waals surface area contributed by atoms with Crippen LogP contribution >= 0.6 is 0 Å². The summed E-state index contributed by atoms with van der Waals surface area (Å²) in [5.74, 6) is 0.658. The van der Waals surface area contributed by atoms with E-state index in [2.05, 4.69) is 10.3 Å². The molecule has 0 saturated carbocycles. The van der Waals surface area contributed by atoms with Crippen molar-refractivity contribution in [1.82, 2.24) is 4.98 Å². The van der Waals surface area contributed by atoms with Crippen LogP contribution in [0.4, 0.5) is 11.4 Å². The number of benzene rings is 2. The molecular weight excluding hydrogens is 316 g/mol. The zero-order valence-electron chi connectivity index (χ0n) is 13.2. The molecule has 1 heterocycles. The number of hydrogen-bond donors (Lipinski definition) is 0. The van der Waals surface area contributed by atoms with E-state index < -0.39 is 0 Å². The molecule has 0 spiro atoms. The predicted octanol–water partition coefficient (Wildman–Crippen LogP) is 4.35. The predicted molar refractivity (Wildman–Crippen MR) is 94.1 cm³/mol. The molecule has 25 heavy (non-hydrogen) atoms. The van der Waals surface area contributed by atoms with Gasteiger partial charge in [-0.15, -0.1) is 4.91 Å². The average molecular weight is 330 g/mol. The molecule has 1 aromatic heterocycles.